The number of hydrogen-bond donors (Lipinski definition) is 2. The SMILES string of the molecule is O=Cc1cc(C=CCC(=O)O)c[nH]1. The van der Waals surface area contributed by atoms with Gasteiger partial charge in [-0.3, -0.25) is 9.59 Å². The maximum absolute atomic E-state index is 10.3. The van der Waals surface area contributed by atoms with Gasteiger partial charge >= 0.3 is 5.97 Å². The lowest BCUT2D eigenvalue weighted by Crippen LogP contribution is -1.89. The second kappa shape index (κ2) is 4.25. The molecule has 0 aliphatic heterocycles. The number of nitrogens with one attached hydrogen (secondary N) is 1. The largest absolute Gasteiger partial charge is 0.481 e. The van der Waals surface area contributed by atoms with Crippen molar-refractivity contribution < 1.29 is 14.7 Å². The molecule has 1 heterocycles. The van der Waals surface area contributed by atoms with Crippen molar-refractivity contribution in [3.05, 3.63) is 29.6 Å². The summed E-state index contributed by atoms with van der Waals surface area (Å²) < 4.78 is 0. The van der Waals surface area contributed by atoms with Crippen LogP contribution >= 0.6 is 0 Å². The molecule has 0 aliphatic carbocycles. The maximum atomic E-state index is 10.3. The van der Waals surface area contributed by atoms with Crippen molar-refractivity contribution in [2.24, 2.45) is 0 Å². The van der Waals surface area contributed by atoms with Crippen LogP contribution in [0.5, 0.6) is 0 Å². The van der Waals surface area contributed by atoms with E-state index < -0.39 is 5.97 Å². The van der Waals surface area contributed by atoms with Gasteiger partial charge in [-0.1, -0.05) is 12.2 Å². The lowest BCUT2D eigenvalue weighted by Gasteiger charge is -1.83. The van der Waals surface area contributed by atoms with Crippen LogP contribution in [-0.4, -0.2) is 22.3 Å². The zero-order valence-corrected chi connectivity index (χ0v) is 6.86. The minimum absolute atomic E-state index is 0.0123. The fourth-order valence-corrected chi connectivity index (χ4v) is 0.890. The van der Waals surface area contributed by atoms with Gasteiger partial charge in [0.05, 0.1) is 12.1 Å². The zero-order chi connectivity index (χ0) is 9.68. The number of aromatic amines is 1. The highest BCUT2D eigenvalue weighted by molar-refractivity contribution is 5.74. The monoisotopic (exact) mass is 179 g/mol. The van der Waals surface area contributed by atoms with Crippen molar-refractivity contribution in [2.75, 3.05) is 0 Å². The number of aromatic nitrogens is 1. The predicted molar refractivity (Wildman–Crippen MR) is 47.5 cm³/mol. The molecule has 0 atom stereocenters. The maximum Gasteiger partial charge on any atom is 0.307 e. The first-order valence-corrected chi connectivity index (χ1v) is 3.74. The van der Waals surface area contributed by atoms with Gasteiger partial charge in [-0.25, -0.2) is 0 Å². The van der Waals surface area contributed by atoms with E-state index in [0.717, 1.165) is 5.56 Å². The topological polar surface area (TPSA) is 70.2 Å². The minimum atomic E-state index is -0.873. The van der Waals surface area contributed by atoms with Crippen LogP contribution in [0.25, 0.3) is 6.08 Å². The first-order chi connectivity index (χ1) is 6.22. The van der Waals surface area contributed by atoms with Crippen LogP contribution in [0, 0.1) is 0 Å². The number of carboxylic acids is 1. The van der Waals surface area contributed by atoms with Crippen molar-refractivity contribution in [2.45, 2.75) is 6.42 Å². The lowest BCUT2D eigenvalue weighted by molar-refractivity contribution is -0.135. The Morgan fingerprint density at radius 2 is 2.38 bits per heavy atom. The fourth-order valence-electron chi connectivity index (χ4n) is 0.890. The van der Waals surface area contributed by atoms with Gasteiger partial charge in [0.25, 0.3) is 0 Å². The van der Waals surface area contributed by atoms with Crippen LogP contribution in [0.4, 0.5) is 0 Å². The normalized spacial score (nSPS) is 10.5. The highest BCUT2D eigenvalue weighted by Crippen LogP contribution is 2.04. The summed E-state index contributed by atoms with van der Waals surface area (Å²) in [7, 11) is 0. The Morgan fingerprint density at radius 3 is 2.92 bits per heavy atom. The molecule has 1 aromatic rings. The van der Waals surface area contributed by atoms with Gasteiger partial charge in [0.2, 0.25) is 0 Å². The van der Waals surface area contributed by atoms with Gasteiger partial charge in [0.15, 0.2) is 6.29 Å². The molecule has 0 bridgehead atoms. The Hall–Kier alpha value is -1.84. The third-order valence-electron chi connectivity index (χ3n) is 1.46. The third kappa shape index (κ3) is 2.94. The smallest absolute Gasteiger partial charge is 0.307 e. The highest BCUT2D eigenvalue weighted by Gasteiger charge is 1.94. The Labute approximate surface area is 74.9 Å². The molecule has 1 rings (SSSR count). The minimum Gasteiger partial charge on any atom is -0.481 e. The summed E-state index contributed by atoms with van der Waals surface area (Å²) in [5.41, 5.74) is 1.28. The number of rotatable bonds is 4. The van der Waals surface area contributed by atoms with Crippen molar-refractivity contribution in [3.8, 4) is 0 Å². The van der Waals surface area contributed by atoms with Crippen LogP contribution in [0.1, 0.15) is 22.5 Å². The van der Waals surface area contributed by atoms with Crippen molar-refractivity contribution in [1.29, 1.82) is 0 Å². The molecule has 0 saturated carbocycles. The Morgan fingerprint density at radius 1 is 1.62 bits per heavy atom. The number of aliphatic carboxylic acids is 1. The second-order valence-electron chi connectivity index (χ2n) is 2.51. The summed E-state index contributed by atoms with van der Waals surface area (Å²) in [6, 6.07) is 1.64. The summed E-state index contributed by atoms with van der Waals surface area (Å²) in [6.45, 7) is 0. The summed E-state index contributed by atoms with van der Waals surface area (Å²) in [6.07, 6.45) is 5.51. The molecule has 0 amide bonds. The number of hydrogen-bond acceptors (Lipinski definition) is 2. The quantitative estimate of drug-likeness (QED) is 0.684. The molecule has 0 radical (unpaired) electrons. The highest BCUT2D eigenvalue weighted by atomic mass is 16.4. The van der Waals surface area contributed by atoms with Crippen LogP contribution in [0.2, 0.25) is 0 Å². The van der Waals surface area contributed by atoms with Gasteiger partial charge in [-0.15, -0.1) is 0 Å². The molecule has 4 nitrogen and oxygen atoms in total. The molecule has 13 heavy (non-hydrogen) atoms. The molecule has 0 saturated heterocycles. The summed E-state index contributed by atoms with van der Waals surface area (Å²) in [5, 5.41) is 8.33. The van der Waals surface area contributed by atoms with Gasteiger partial charge < -0.3 is 10.1 Å². The number of carboxylic acid groups (broad SMARTS) is 1. The average Bonchev–Trinajstić information content (AvgIpc) is 2.52. The molecule has 68 valence electrons. The Kier molecular flexibility index (Phi) is 3.03. The van der Waals surface area contributed by atoms with E-state index in [2.05, 4.69) is 4.98 Å². The summed E-state index contributed by atoms with van der Waals surface area (Å²) in [4.78, 5) is 23.1. The van der Waals surface area contributed by atoms with E-state index in [9.17, 15) is 9.59 Å². The van der Waals surface area contributed by atoms with E-state index in [0.29, 0.717) is 12.0 Å². The first-order valence-electron chi connectivity index (χ1n) is 3.74. The first kappa shape index (κ1) is 9.25. The standard InChI is InChI=1S/C9H9NO3/c11-6-8-4-7(5-10-8)2-1-3-9(12)13/h1-2,4-6,10H,3H2,(H,12,13). The van der Waals surface area contributed by atoms with E-state index in [4.69, 9.17) is 5.11 Å². The van der Waals surface area contributed by atoms with Crippen LogP contribution in [0.15, 0.2) is 18.3 Å². The van der Waals surface area contributed by atoms with Crippen LogP contribution in [-0.2, 0) is 4.79 Å². The van der Waals surface area contributed by atoms with E-state index in [1.165, 1.54) is 6.08 Å². The number of carbonyl (C=O) groups excluding carboxylic acids is 1. The van der Waals surface area contributed by atoms with Crippen molar-refractivity contribution >= 4 is 18.3 Å². The number of carbonyl (C=O) groups is 2. The Bertz CT molecular complexity index is 338. The fraction of sp³-hybridized carbons (Fsp3) is 0.111. The van der Waals surface area contributed by atoms with Crippen LogP contribution in [0.3, 0.4) is 0 Å². The summed E-state index contributed by atoms with van der Waals surface area (Å²) >= 11 is 0. The predicted octanol–water partition coefficient (Wildman–Crippen LogP) is 1.32. The van der Waals surface area contributed by atoms with Crippen LogP contribution < -0.4 is 0 Å². The van der Waals surface area contributed by atoms with Gasteiger partial charge in [-0.05, 0) is 11.6 Å². The van der Waals surface area contributed by atoms with E-state index in [1.54, 1.807) is 18.3 Å². The number of aldehydes is 1. The molecule has 2 N–H and O–H groups in total. The molecular weight excluding hydrogens is 170 g/mol. The number of H-pyrrole nitrogens is 1. The third-order valence-corrected chi connectivity index (χ3v) is 1.46. The summed E-state index contributed by atoms with van der Waals surface area (Å²) in [5.74, 6) is -0.873. The van der Waals surface area contributed by atoms with Crippen molar-refractivity contribution in [3.63, 3.8) is 0 Å². The zero-order valence-electron chi connectivity index (χ0n) is 6.86. The van der Waals surface area contributed by atoms with Gasteiger partial charge in [-0.2, -0.15) is 0 Å². The molecule has 0 unspecified atom stereocenters. The molecule has 0 aromatic carbocycles. The molecule has 0 spiro atoms. The van der Waals surface area contributed by atoms with Crippen molar-refractivity contribution in [1.82, 2.24) is 4.98 Å². The van der Waals surface area contributed by atoms with E-state index in [-0.39, 0.29) is 6.42 Å². The molecule has 0 fully saturated rings. The van der Waals surface area contributed by atoms with E-state index in [1.807, 2.05) is 0 Å². The molecule has 4 heteroatoms. The molecule has 0 aliphatic rings. The van der Waals surface area contributed by atoms with Gasteiger partial charge in [0, 0.05) is 6.20 Å². The Balaban J connectivity index is 2.58. The van der Waals surface area contributed by atoms with E-state index >= 15 is 0 Å². The molecular formula is C9H9NO3. The van der Waals surface area contributed by atoms with Gasteiger partial charge in [0.1, 0.15) is 0 Å². The molecule has 1 aromatic heterocycles. The average molecular weight is 179 g/mol. The second-order valence-corrected chi connectivity index (χ2v) is 2.51. The lowest BCUT2D eigenvalue weighted by atomic mass is 10.2.